The van der Waals surface area contributed by atoms with E-state index in [0.29, 0.717) is 6.42 Å². The van der Waals surface area contributed by atoms with E-state index < -0.39 is 30.0 Å². The van der Waals surface area contributed by atoms with Crippen LogP contribution in [0.3, 0.4) is 0 Å². The number of carboxylic acid groups (broad SMARTS) is 3. The van der Waals surface area contributed by atoms with E-state index >= 15 is 0 Å². The molecule has 0 heterocycles. The summed E-state index contributed by atoms with van der Waals surface area (Å²) in [7, 11) is 0. The summed E-state index contributed by atoms with van der Waals surface area (Å²) in [6.07, 6.45) is 0.430. The Hall–Kier alpha value is -4.81. The number of benzene rings is 4. The van der Waals surface area contributed by atoms with Crippen molar-refractivity contribution in [1.82, 2.24) is 5.23 Å². The van der Waals surface area contributed by atoms with E-state index in [2.05, 4.69) is 5.32 Å². The zero-order valence-electron chi connectivity index (χ0n) is 22.1. The fourth-order valence-corrected chi connectivity index (χ4v) is 3.61. The molecular formula is C30H33N3O8. The molecular weight excluding hydrogens is 530 g/mol. The van der Waals surface area contributed by atoms with E-state index in [4.69, 9.17) is 31.5 Å². The molecule has 0 aliphatic rings. The lowest BCUT2D eigenvalue weighted by Crippen LogP contribution is -2.38. The van der Waals surface area contributed by atoms with Crippen molar-refractivity contribution in [3.63, 3.8) is 0 Å². The quantitative estimate of drug-likeness (QED) is 0.139. The van der Waals surface area contributed by atoms with Crippen molar-refractivity contribution in [3.8, 4) is 0 Å². The van der Waals surface area contributed by atoms with Crippen LogP contribution >= 0.6 is 0 Å². The fraction of sp³-hybridized carbons (Fsp3) is 0.167. The Bertz CT molecular complexity index is 1380. The van der Waals surface area contributed by atoms with Gasteiger partial charge in [0.2, 0.25) is 0 Å². The highest BCUT2D eigenvalue weighted by Crippen LogP contribution is 2.22. The molecule has 0 bridgehead atoms. The molecule has 11 heteroatoms. The number of carboxylic acids is 3. The van der Waals surface area contributed by atoms with E-state index in [1.165, 1.54) is 0 Å². The van der Waals surface area contributed by atoms with E-state index in [1.54, 1.807) is 30.3 Å². The SMILES string of the molecule is NC(Cc1ccccc1)C(=O)O.O=C(O)C(Cc1ccccc1)N(O)O.O=C(O)CNc1cccc2ccccc12. The Balaban J connectivity index is 0.000000217. The number of nitrogens with zero attached hydrogens (tertiary/aromatic N) is 1. The van der Waals surface area contributed by atoms with Crippen LogP contribution in [0.4, 0.5) is 5.69 Å². The third-order valence-corrected chi connectivity index (χ3v) is 5.67. The van der Waals surface area contributed by atoms with E-state index in [0.717, 1.165) is 27.6 Å². The Labute approximate surface area is 236 Å². The van der Waals surface area contributed by atoms with Crippen LogP contribution in [0.1, 0.15) is 11.1 Å². The van der Waals surface area contributed by atoms with Crippen LogP contribution in [0.5, 0.6) is 0 Å². The second kappa shape index (κ2) is 17.0. The van der Waals surface area contributed by atoms with Crippen molar-refractivity contribution in [1.29, 1.82) is 0 Å². The highest BCUT2D eigenvalue weighted by molar-refractivity contribution is 5.94. The van der Waals surface area contributed by atoms with Crippen molar-refractivity contribution in [3.05, 3.63) is 114 Å². The first-order valence-corrected chi connectivity index (χ1v) is 12.5. The standard InChI is InChI=1S/C12H11NO2.C9H11NO4.C9H11NO2/c14-12(15)8-13-11-7-3-5-9-4-1-2-6-10(9)11;11-9(12)8(10(13)14)6-7-4-2-1-3-5-7;10-8(9(11)12)6-7-4-2-1-3-5-7/h1-7,13H,8H2,(H,14,15);1-5,8,13-14H,6H2,(H,11,12);1-5,8H,6,10H2,(H,11,12). The Morgan fingerprint density at radius 1 is 0.683 bits per heavy atom. The molecule has 2 atom stereocenters. The Morgan fingerprint density at radius 2 is 1.20 bits per heavy atom. The van der Waals surface area contributed by atoms with E-state index in [1.807, 2.05) is 72.8 Å². The van der Waals surface area contributed by atoms with Crippen molar-refractivity contribution in [2.75, 3.05) is 11.9 Å². The lowest BCUT2D eigenvalue weighted by Gasteiger charge is -2.15. The van der Waals surface area contributed by atoms with Crippen LogP contribution in [-0.2, 0) is 27.2 Å². The molecule has 0 spiro atoms. The highest BCUT2D eigenvalue weighted by Gasteiger charge is 2.23. The summed E-state index contributed by atoms with van der Waals surface area (Å²) in [6.45, 7) is -0.0615. The molecule has 0 aliphatic heterocycles. The number of hydroxylamine groups is 2. The lowest BCUT2D eigenvalue weighted by molar-refractivity contribution is -0.327. The largest absolute Gasteiger partial charge is 0.480 e. The topological polar surface area (TPSA) is 194 Å². The number of hydrogen-bond acceptors (Lipinski definition) is 8. The maximum atomic E-state index is 10.6. The summed E-state index contributed by atoms with van der Waals surface area (Å²) in [6, 6.07) is 29.6. The van der Waals surface area contributed by atoms with Crippen LogP contribution in [0.15, 0.2) is 103 Å². The van der Waals surface area contributed by atoms with E-state index in [9.17, 15) is 14.4 Å². The molecule has 2 unspecified atom stereocenters. The predicted octanol–water partition coefficient (Wildman–Crippen LogP) is 3.74. The molecule has 0 amide bonds. The first-order valence-electron chi connectivity index (χ1n) is 12.5. The molecule has 0 saturated heterocycles. The van der Waals surface area contributed by atoms with Crippen molar-refractivity contribution < 1.29 is 40.1 Å². The molecule has 8 N–H and O–H groups in total. The van der Waals surface area contributed by atoms with Gasteiger partial charge in [-0.3, -0.25) is 24.8 Å². The molecule has 0 aromatic heterocycles. The molecule has 11 nitrogen and oxygen atoms in total. The third-order valence-electron chi connectivity index (χ3n) is 5.67. The first kappa shape index (κ1) is 32.4. The van der Waals surface area contributed by atoms with Gasteiger partial charge in [0.15, 0.2) is 6.04 Å². The van der Waals surface area contributed by atoms with Gasteiger partial charge in [0.05, 0.1) is 0 Å². The molecule has 4 rings (SSSR count). The summed E-state index contributed by atoms with van der Waals surface area (Å²) in [5.41, 5.74) is 7.89. The number of hydrogen-bond donors (Lipinski definition) is 7. The van der Waals surface area contributed by atoms with Gasteiger partial charge in [0.1, 0.15) is 12.6 Å². The molecule has 41 heavy (non-hydrogen) atoms. The normalized spacial score (nSPS) is 11.7. The minimum atomic E-state index is -1.34. The van der Waals surface area contributed by atoms with Crippen molar-refractivity contribution in [2.24, 2.45) is 5.73 Å². The summed E-state index contributed by atoms with van der Waals surface area (Å²) in [5.74, 6) is -3.10. The number of rotatable bonds is 10. The van der Waals surface area contributed by atoms with Crippen LogP contribution < -0.4 is 11.1 Å². The average molecular weight is 564 g/mol. The van der Waals surface area contributed by atoms with Crippen LogP contribution in [0, 0.1) is 0 Å². The van der Waals surface area contributed by atoms with Crippen molar-refractivity contribution >= 4 is 34.4 Å². The number of nitrogens with one attached hydrogen (secondary N) is 1. The summed E-state index contributed by atoms with van der Waals surface area (Å²) in [5, 5.41) is 47.8. The zero-order valence-corrected chi connectivity index (χ0v) is 22.1. The molecule has 0 aliphatic carbocycles. The Kier molecular flexibility index (Phi) is 13.4. The minimum Gasteiger partial charge on any atom is -0.480 e. The van der Waals surface area contributed by atoms with Gasteiger partial charge in [-0.1, -0.05) is 102 Å². The average Bonchev–Trinajstić information content (AvgIpc) is 2.96. The molecule has 0 fully saturated rings. The van der Waals surface area contributed by atoms with E-state index in [-0.39, 0.29) is 18.2 Å². The van der Waals surface area contributed by atoms with Crippen LogP contribution in [-0.4, -0.2) is 67.5 Å². The first-order chi connectivity index (χ1) is 19.6. The van der Waals surface area contributed by atoms with Gasteiger partial charge < -0.3 is 26.4 Å². The van der Waals surface area contributed by atoms with Gasteiger partial charge >= 0.3 is 17.9 Å². The second-order valence-electron chi connectivity index (χ2n) is 8.77. The maximum Gasteiger partial charge on any atom is 0.326 e. The number of aliphatic carboxylic acids is 3. The number of anilines is 1. The molecule has 216 valence electrons. The highest BCUT2D eigenvalue weighted by atomic mass is 16.8. The zero-order chi connectivity index (χ0) is 30.2. The minimum absolute atomic E-state index is 0.0448. The molecule has 0 saturated carbocycles. The molecule has 4 aromatic rings. The smallest absolute Gasteiger partial charge is 0.326 e. The second-order valence-corrected chi connectivity index (χ2v) is 8.77. The summed E-state index contributed by atoms with van der Waals surface area (Å²) in [4.78, 5) is 31.4. The third kappa shape index (κ3) is 11.9. The fourth-order valence-electron chi connectivity index (χ4n) is 3.61. The molecule has 0 radical (unpaired) electrons. The van der Waals surface area contributed by atoms with Crippen molar-refractivity contribution in [2.45, 2.75) is 24.9 Å². The monoisotopic (exact) mass is 563 g/mol. The van der Waals surface area contributed by atoms with Gasteiger partial charge in [0, 0.05) is 17.5 Å². The number of nitrogens with two attached hydrogens (primary N) is 1. The van der Waals surface area contributed by atoms with Gasteiger partial charge in [-0.2, -0.15) is 0 Å². The van der Waals surface area contributed by atoms with Crippen LogP contribution in [0.2, 0.25) is 0 Å². The predicted molar refractivity (Wildman–Crippen MR) is 153 cm³/mol. The lowest BCUT2D eigenvalue weighted by atomic mass is 10.1. The number of fused-ring (bicyclic) bond motifs is 1. The number of carbonyl (C=O) groups is 3. The summed E-state index contributed by atoms with van der Waals surface area (Å²) < 4.78 is 0. The maximum absolute atomic E-state index is 10.6. The van der Waals surface area contributed by atoms with Gasteiger partial charge in [-0.15, -0.1) is 0 Å². The molecule has 4 aromatic carbocycles. The van der Waals surface area contributed by atoms with Gasteiger partial charge in [-0.25, -0.2) is 0 Å². The van der Waals surface area contributed by atoms with Gasteiger partial charge in [0.25, 0.3) is 0 Å². The summed E-state index contributed by atoms with van der Waals surface area (Å²) >= 11 is 0. The Morgan fingerprint density at radius 3 is 1.71 bits per heavy atom. The van der Waals surface area contributed by atoms with Crippen LogP contribution in [0.25, 0.3) is 10.8 Å². The van der Waals surface area contributed by atoms with Gasteiger partial charge in [-0.05, 0) is 29.0 Å².